The molecule has 0 atom stereocenters. The predicted molar refractivity (Wildman–Crippen MR) is 105 cm³/mol. The predicted octanol–water partition coefficient (Wildman–Crippen LogP) is 5.05. The van der Waals surface area contributed by atoms with Gasteiger partial charge >= 0.3 is 0 Å². The zero-order valence-corrected chi connectivity index (χ0v) is 15.2. The normalized spacial score (nSPS) is 10.3. The summed E-state index contributed by atoms with van der Waals surface area (Å²) < 4.78 is 5.21. The molecule has 1 amide bonds. The molecule has 0 aliphatic rings. The lowest BCUT2D eigenvalue weighted by molar-refractivity contribution is 0.102. The van der Waals surface area contributed by atoms with E-state index in [9.17, 15) is 4.79 Å². The summed E-state index contributed by atoms with van der Waals surface area (Å²) >= 11 is 5.95. The van der Waals surface area contributed by atoms with Crippen LogP contribution >= 0.6 is 11.6 Å². The van der Waals surface area contributed by atoms with Gasteiger partial charge in [-0.25, -0.2) is 0 Å². The second-order valence-electron chi connectivity index (χ2n) is 5.70. The van der Waals surface area contributed by atoms with Gasteiger partial charge in [0.15, 0.2) is 0 Å². The summed E-state index contributed by atoms with van der Waals surface area (Å²) in [7, 11) is 1.62. The van der Waals surface area contributed by atoms with Crippen LogP contribution in [0.3, 0.4) is 0 Å². The molecule has 6 heteroatoms. The van der Waals surface area contributed by atoms with E-state index in [0.717, 1.165) is 22.7 Å². The highest BCUT2D eigenvalue weighted by Crippen LogP contribution is 2.23. The van der Waals surface area contributed by atoms with Crippen molar-refractivity contribution in [3.05, 3.63) is 77.1 Å². The molecule has 5 nitrogen and oxygen atoms in total. The van der Waals surface area contributed by atoms with E-state index >= 15 is 0 Å². The smallest absolute Gasteiger partial charge is 0.274 e. The molecule has 132 valence electrons. The van der Waals surface area contributed by atoms with Crippen LogP contribution in [0, 0.1) is 6.92 Å². The summed E-state index contributed by atoms with van der Waals surface area (Å²) in [6.07, 6.45) is 1.59. The van der Waals surface area contributed by atoms with E-state index in [0.29, 0.717) is 16.4 Å². The second kappa shape index (κ2) is 7.89. The van der Waals surface area contributed by atoms with Crippen molar-refractivity contribution in [3.8, 4) is 5.75 Å². The molecule has 3 rings (SSSR count). The Kier molecular flexibility index (Phi) is 5.39. The van der Waals surface area contributed by atoms with Gasteiger partial charge in [0.25, 0.3) is 5.91 Å². The molecule has 3 aromatic rings. The Bertz CT molecular complexity index is 944. The second-order valence-corrected chi connectivity index (χ2v) is 6.14. The Hall–Kier alpha value is -3.05. The molecule has 0 radical (unpaired) electrons. The minimum absolute atomic E-state index is 0.287. The van der Waals surface area contributed by atoms with Crippen LogP contribution in [0.1, 0.15) is 16.1 Å². The largest absolute Gasteiger partial charge is 0.497 e. The lowest BCUT2D eigenvalue weighted by atomic mass is 10.2. The van der Waals surface area contributed by atoms with Crippen LogP contribution in [-0.4, -0.2) is 18.0 Å². The maximum Gasteiger partial charge on any atom is 0.274 e. The molecule has 0 bridgehead atoms. The average Bonchev–Trinajstić information content (AvgIpc) is 2.64. The van der Waals surface area contributed by atoms with Crippen LogP contribution in [0.2, 0.25) is 5.02 Å². The fourth-order valence-corrected chi connectivity index (χ4v) is 2.68. The molecule has 0 fully saturated rings. The number of carbonyl (C=O) groups is 1. The summed E-state index contributed by atoms with van der Waals surface area (Å²) in [6, 6.07) is 16.3. The first-order valence-electron chi connectivity index (χ1n) is 8.00. The molecular formula is C20H18ClN3O2. The number of nitrogens with zero attached hydrogens (tertiary/aromatic N) is 1. The lowest BCUT2D eigenvalue weighted by Gasteiger charge is -2.11. The number of hydrogen-bond acceptors (Lipinski definition) is 4. The van der Waals surface area contributed by atoms with Gasteiger partial charge in [0.2, 0.25) is 0 Å². The number of benzene rings is 2. The monoisotopic (exact) mass is 367 g/mol. The molecule has 1 aromatic heterocycles. The van der Waals surface area contributed by atoms with Crippen molar-refractivity contribution in [2.24, 2.45) is 0 Å². The number of ether oxygens (including phenoxy) is 1. The number of aromatic nitrogens is 1. The Balaban J connectivity index is 1.76. The van der Waals surface area contributed by atoms with Crippen molar-refractivity contribution in [2.75, 3.05) is 17.7 Å². The van der Waals surface area contributed by atoms with Crippen LogP contribution in [0.5, 0.6) is 5.75 Å². The molecule has 26 heavy (non-hydrogen) atoms. The van der Waals surface area contributed by atoms with Gasteiger partial charge in [0, 0.05) is 34.3 Å². The number of halogens is 1. The fraction of sp³-hybridized carbons (Fsp3) is 0.100. The molecule has 2 aromatic carbocycles. The molecule has 0 saturated heterocycles. The van der Waals surface area contributed by atoms with Gasteiger partial charge in [-0.05, 0) is 55.0 Å². The summed E-state index contributed by atoms with van der Waals surface area (Å²) in [5.74, 6) is 0.463. The Labute approximate surface area is 157 Å². The van der Waals surface area contributed by atoms with Crippen molar-refractivity contribution in [1.29, 1.82) is 0 Å². The number of hydrogen-bond donors (Lipinski definition) is 2. The molecular weight excluding hydrogens is 350 g/mol. The minimum Gasteiger partial charge on any atom is -0.497 e. The summed E-state index contributed by atoms with van der Waals surface area (Å²) in [5, 5.41) is 6.72. The van der Waals surface area contributed by atoms with E-state index in [4.69, 9.17) is 16.3 Å². The molecule has 0 spiro atoms. The number of aryl methyl sites for hydroxylation is 1. The van der Waals surface area contributed by atoms with Crippen molar-refractivity contribution in [3.63, 3.8) is 0 Å². The quantitative estimate of drug-likeness (QED) is 0.662. The fourth-order valence-electron chi connectivity index (χ4n) is 2.45. The van der Waals surface area contributed by atoms with E-state index in [1.54, 1.807) is 43.6 Å². The third-order valence-electron chi connectivity index (χ3n) is 3.79. The first-order chi connectivity index (χ1) is 12.5. The summed E-state index contributed by atoms with van der Waals surface area (Å²) in [4.78, 5) is 16.7. The zero-order chi connectivity index (χ0) is 18.5. The number of anilines is 3. The van der Waals surface area contributed by atoms with Crippen LogP contribution in [0.25, 0.3) is 0 Å². The number of methoxy groups -OCH3 is 1. The highest BCUT2D eigenvalue weighted by Gasteiger charge is 2.10. The maximum absolute atomic E-state index is 12.5. The lowest BCUT2D eigenvalue weighted by Crippen LogP contribution is -2.14. The van der Waals surface area contributed by atoms with Crippen LogP contribution in [0.15, 0.2) is 60.8 Å². The minimum atomic E-state index is -0.287. The van der Waals surface area contributed by atoms with Gasteiger partial charge < -0.3 is 15.4 Å². The van der Waals surface area contributed by atoms with E-state index in [1.807, 2.05) is 31.2 Å². The number of carbonyl (C=O) groups excluding carboxylic acids is 1. The van der Waals surface area contributed by atoms with E-state index < -0.39 is 0 Å². The Morgan fingerprint density at radius 3 is 2.65 bits per heavy atom. The van der Waals surface area contributed by atoms with E-state index in [1.165, 1.54) is 0 Å². The molecule has 0 aliphatic carbocycles. The SMILES string of the molecule is COc1cccc(Nc2ccnc(C(=O)Nc3ccc(Cl)cc3C)c2)c1. The third kappa shape index (κ3) is 4.32. The van der Waals surface area contributed by atoms with E-state index in [2.05, 4.69) is 15.6 Å². The topological polar surface area (TPSA) is 63.2 Å². The van der Waals surface area contributed by atoms with Crippen LogP contribution < -0.4 is 15.4 Å². The number of amides is 1. The number of rotatable bonds is 5. The van der Waals surface area contributed by atoms with Gasteiger partial charge in [-0.2, -0.15) is 0 Å². The third-order valence-corrected chi connectivity index (χ3v) is 4.02. The highest BCUT2D eigenvalue weighted by molar-refractivity contribution is 6.30. The number of pyridine rings is 1. The van der Waals surface area contributed by atoms with Gasteiger partial charge in [0.05, 0.1) is 7.11 Å². The van der Waals surface area contributed by atoms with Gasteiger partial charge in [-0.3, -0.25) is 9.78 Å². The maximum atomic E-state index is 12.5. The standard InChI is InChI=1S/C20H18ClN3O2/c1-13-10-14(21)6-7-18(13)24-20(25)19-12-16(8-9-22-19)23-15-4-3-5-17(11-15)26-2/h3-12H,1-2H3,(H,22,23)(H,24,25). The van der Waals surface area contributed by atoms with Crippen molar-refractivity contribution in [2.45, 2.75) is 6.92 Å². The van der Waals surface area contributed by atoms with Gasteiger partial charge in [-0.1, -0.05) is 17.7 Å². The Morgan fingerprint density at radius 1 is 1.08 bits per heavy atom. The first-order valence-corrected chi connectivity index (χ1v) is 8.37. The summed E-state index contributed by atoms with van der Waals surface area (Å²) in [5.41, 5.74) is 3.51. The average molecular weight is 368 g/mol. The zero-order valence-electron chi connectivity index (χ0n) is 14.4. The van der Waals surface area contributed by atoms with Crippen LogP contribution in [-0.2, 0) is 0 Å². The molecule has 0 saturated carbocycles. The van der Waals surface area contributed by atoms with E-state index in [-0.39, 0.29) is 5.91 Å². The van der Waals surface area contributed by atoms with Gasteiger partial charge in [-0.15, -0.1) is 0 Å². The molecule has 1 heterocycles. The van der Waals surface area contributed by atoms with Crippen LogP contribution in [0.4, 0.5) is 17.1 Å². The molecule has 2 N–H and O–H groups in total. The molecule has 0 unspecified atom stereocenters. The first kappa shape index (κ1) is 17.8. The van der Waals surface area contributed by atoms with Crippen molar-refractivity contribution in [1.82, 2.24) is 4.98 Å². The number of nitrogens with one attached hydrogen (secondary N) is 2. The molecule has 0 aliphatic heterocycles. The van der Waals surface area contributed by atoms with Crippen molar-refractivity contribution < 1.29 is 9.53 Å². The van der Waals surface area contributed by atoms with Crippen molar-refractivity contribution >= 4 is 34.6 Å². The highest BCUT2D eigenvalue weighted by atomic mass is 35.5. The summed E-state index contributed by atoms with van der Waals surface area (Å²) in [6.45, 7) is 1.88. The van der Waals surface area contributed by atoms with Gasteiger partial charge in [0.1, 0.15) is 11.4 Å². The Morgan fingerprint density at radius 2 is 1.88 bits per heavy atom.